The molecule has 3 rings (SSSR count). The Morgan fingerprint density at radius 3 is 2.59 bits per heavy atom. The van der Waals surface area contributed by atoms with E-state index in [9.17, 15) is 9.59 Å². The van der Waals surface area contributed by atoms with Crippen LogP contribution in [0.3, 0.4) is 0 Å². The van der Waals surface area contributed by atoms with Crippen LogP contribution in [0.5, 0.6) is 5.75 Å². The first-order valence-electron chi connectivity index (χ1n) is 6.50. The third-order valence-corrected chi connectivity index (χ3v) is 3.51. The summed E-state index contributed by atoms with van der Waals surface area (Å²) in [6.07, 6.45) is 1.64. The average molecular weight is 315 g/mol. The van der Waals surface area contributed by atoms with Gasteiger partial charge in [-0.3, -0.25) is 4.79 Å². The maximum atomic E-state index is 12.4. The lowest BCUT2D eigenvalue weighted by Crippen LogP contribution is -2.02. The van der Waals surface area contributed by atoms with Gasteiger partial charge in [0.15, 0.2) is 5.76 Å². The van der Waals surface area contributed by atoms with Gasteiger partial charge in [-0.05, 0) is 42.0 Å². The second-order valence-corrected chi connectivity index (χ2v) is 5.13. The maximum absolute atomic E-state index is 12.4. The lowest BCUT2D eigenvalue weighted by molar-refractivity contribution is 0.0600. The van der Waals surface area contributed by atoms with Gasteiger partial charge in [0.1, 0.15) is 5.75 Å². The molecule has 22 heavy (non-hydrogen) atoms. The lowest BCUT2D eigenvalue weighted by atomic mass is 10.1. The van der Waals surface area contributed by atoms with Gasteiger partial charge in [-0.1, -0.05) is 23.7 Å². The molecule has 0 bridgehead atoms. The van der Waals surface area contributed by atoms with E-state index in [0.717, 1.165) is 5.56 Å². The van der Waals surface area contributed by atoms with Crippen molar-refractivity contribution in [2.45, 2.75) is 0 Å². The van der Waals surface area contributed by atoms with Crippen LogP contribution in [0, 0.1) is 0 Å². The summed E-state index contributed by atoms with van der Waals surface area (Å²) in [7, 11) is 1.29. The zero-order valence-corrected chi connectivity index (χ0v) is 12.4. The Morgan fingerprint density at radius 1 is 1.18 bits per heavy atom. The van der Waals surface area contributed by atoms with E-state index in [2.05, 4.69) is 4.74 Å². The maximum Gasteiger partial charge on any atom is 0.337 e. The summed E-state index contributed by atoms with van der Waals surface area (Å²) in [6.45, 7) is 0. The number of rotatable bonds is 2. The van der Waals surface area contributed by atoms with Crippen LogP contribution >= 0.6 is 11.6 Å². The van der Waals surface area contributed by atoms with Gasteiger partial charge < -0.3 is 9.47 Å². The van der Waals surface area contributed by atoms with Crippen molar-refractivity contribution in [2.75, 3.05) is 7.11 Å². The highest BCUT2D eigenvalue weighted by Gasteiger charge is 2.28. The van der Waals surface area contributed by atoms with Crippen LogP contribution in [-0.4, -0.2) is 18.9 Å². The molecule has 0 fully saturated rings. The fourth-order valence-electron chi connectivity index (χ4n) is 2.14. The Balaban J connectivity index is 1.94. The van der Waals surface area contributed by atoms with E-state index in [0.29, 0.717) is 21.9 Å². The topological polar surface area (TPSA) is 52.6 Å². The second kappa shape index (κ2) is 5.66. The monoisotopic (exact) mass is 314 g/mol. The van der Waals surface area contributed by atoms with Gasteiger partial charge in [-0.25, -0.2) is 4.79 Å². The summed E-state index contributed by atoms with van der Waals surface area (Å²) in [5, 5.41) is 0.617. The molecule has 5 heteroatoms. The Labute approximate surface area is 131 Å². The highest BCUT2D eigenvalue weighted by Crippen LogP contribution is 2.32. The molecule has 1 aliphatic rings. The van der Waals surface area contributed by atoms with Gasteiger partial charge in [0.05, 0.1) is 18.2 Å². The molecule has 1 aliphatic heterocycles. The lowest BCUT2D eigenvalue weighted by Gasteiger charge is -2.00. The first-order valence-corrected chi connectivity index (χ1v) is 6.88. The van der Waals surface area contributed by atoms with E-state index in [4.69, 9.17) is 16.3 Å². The van der Waals surface area contributed by atoms with Crippen LogP contribution in [0.25, 0.3) is 6.08 Å². The number of carbonyl (C=O) groups is 2. The first-order chi connectivity index (χ1) is 10.6. The number of hydrogen-bond acceptors (Lipinski definition) is 4. The van der Waals surface area contributed by atoms with Gasteiger partial charge in [-0.2, -0.15) is 0 Å². The minimum atomic E-state index is -0.495. The van der Waals surface area contributed by atoms with Crippen molar-refractivity contribution in [3.8, 4) is 5.75 Å². The fourth-order valence-corrected chi connectivity index (χ4v) is 2.27. The summed E-state index contributed by atoms with van der Waals surface area (Å²) in [4.78, 5) is 23.9. The van der Waals surface area contributed by atoms with E-state index in [-0.39, 0.29) is 11.5 Å². The van der Waals surface area contributed by atoms with Crippen LogP contribution in [0.4, 0.5) is 0 Å². The minimum absolute atomic E-state index is 0.208. The highest BCUT2D eigenvalue weighted by atomic mass is 35.5. The minimum Gasteiger partial charge on any atom is -0.465 e. The van der Waals surface area contributed by atoms with Crippen LogP contribution in [0.2, 0.25) is 5.02 Å². The normalized spacial score (nSPS) is 14.6. The molecule has 2 aromatic carbocycles. The molecule has 1 heterocycles. The highest BCUT2D eigenvalue weighted by molar-refractivity contribution is 6.30. The number of hydrogen-bond donors (Lipinski definition) is 0. The molecule has 0 amide bonds. The van der Waals surface area contributed by atoms with Gasteiger partial charge >= 0.3 is 5.97 Å². The van der Waals surface area contributed by atoms with E-state index >= 15 is 0 Å². The number of benzene rings is 2. The number of ether oxygens (including phenoxy) is 2. The molecule has 110 valence electrons. The van der Waals surface area contributed by atoms with E-state index in [1.807, 2.05) is 0 Å². The molecule has 0 spiro atoms. The van der Waals surface area contributed by atoms with E-state index in [1.165, 1.54) is 13.2 Å². The number of carbonyl (C=O) groups excluding carboxylic acids is 2. The third kappa shape index (κ3) is 2.61. The molecule has 0 saturated carbocycles. The Morgan fingerprint density at radius 2 is 1.91 bits per heavy atom. The van der Waals surface area contributed by atoms with Crippen molar-refractivity contribution in [2.24, 2.45) is 0 Å². The van der Waals surface area contributed by atoms with Crippen LogP contribution in [-0.2, 0) is 4.74 Å². The zero-order chi connectivity index (χ0) is 15.7. The van der Waals surface area contributed by atoms with Crippen LogP contribution in [0.15, 0.2) is 48.2 Å². The summed E-state index contributed by atoms with van der Waals surface area (Å²) in [6, 6.07) is 11.7. The Kier molecular flexibility index (Phi) is 3.69. The Bertz CT molecular complexity index is 791. The van der Waals surface area contributed by atoms with Gasteiger partial charge in [-0.15, -0.1) is 0 Å². The van der Waals surface area contributed by atoms with Crippen molar-refractivity contribution in [1.29, 1.82) is 0 Å². The van der Waals surface area contributed by atoms with E-state index < -0.39 is 5.97 Å². The molecule has 0 aromatic heterocycles. The molecule has 0 saturated heterocycles. The number of Topliss-reactive ketones (excluding diaryl/α,β-unsaturated/α-hetero) is 1. The molecule has 2 aromatic rings. The van der Waals surface area contributed by atoms with Crippen molar-refractivity contribution in [1.82, 2.24) is 0 Å². The predicted molar refractivity (Wildman–Crippen MR) is 82.2 cm³/mol. The van der Waals surface area contributed by atoms with Crippen LogP contribution in [0.1, 0.15) is 26.3 Å². The number of esters is 1. The molecule has 0 unspecified atom stereocenters. The zero-order valence-electron chi connectivity index (χ0n) is 11.6. The van der Waals surface area contributed by atoms with Crippen molar-refractivity contribution in [3.63, 3.8) is 0 Å². The summed E-state index contributed by atoms with van der Waals surface area (Å²) >= 11 is 5.83. The number of allylic oxidation sites excluding steroid dienone is 1. The van der Waals surface area contributed by atoms with Crippen molar-refractivity contribution < 1.29 is 19.1 Å². The Hall–Kier alpha value is -2.59. The van der Waals surface area contributed by atoms with Crippen molar-refractivity contribution in [3.05, 3.63) is 69.9 Å². The summed E-state index contributed by atoms with van der Waals surface area (Å²) in [5.74, 6) is -0.126. The van der Waals surface area contributed by atoms with Crippen LogP contribution < -0.4 is 4.74 Å². The first kappa shape index (κ1) is 14.4. The summed E-state index contributed by atoms with van der Waals surface area (Å²) in [5.41, 5.74) is 1.46. The predicted octanol–water partition coefficient (Wildman–Crippen LogP) is 3.74. The third-order valence-electron chi connectivity index (χ3n) is 3.26. The quantitative estimate of drug-likeness (QED) is 0.626. The average Bonchev–Trinajstić information content (AvgIpc) is 2.84. The smallest absolute Gasteiger partial charge is 0.337 e. The second-order valence-electron chi connectivity index (χ2n) is 4.69. The van der Waals surface area contributed by atoms with Gasteiger partial charge in [0.25, 0.3) is 0 Å². The standard InChI is InChI=1S/C17H11ClO4/c1-21-17(20)11-4-7-14-13(9-11)16(19)15(22-14)8-10-2-5-12(18)6-3-10/h2-9H,1H3/b15-8-. The number of ketones is 1. The molecular weight excluding hydrogens is 304 g/mol. The number of halogens is 1. The fraction of sp³-hybridized carbons (Fsp3) is 0.0588. The number of fused-ring (bicyclic) bond motifs is 1. The van der Waals surface area contributed by atoms with E-state index in [1.54, 1.807) is 42.5 Å². The molecular formula is C17H11ClO4. The molecule has 4 nitrogen and oxygen atoms in total. The van der Waals surface area contributed by atoms with Gasteiger partial charge in [0.2, 0.25) is 5.78 Å². The largest absolute Gasteiger partial charge is 0.465 e. The SMILES string of the molecule is COC(=O)c1ccc2c(c1)C(=O)/C(=C/c1ccc(Cl)cc1)O2. The summed E-state index contributed by atoms with van der Waals surface area (Å²) < 4.78 is 10.2. The molecule has 0 N–H and O–H groups in total. The van der Waals surface area contributed by atoms with Crippen molar-refractivity contribution >= 4 is 29.4 Å². The molecule has 0 atom stereocenters. The molecule has 0 radical (unpaired) electrons. The number of methoxy groups -OCH3 is 1. The molecule has 0 aliphatic carbocycles. The van der Waals surface area contributed by atoms with Gasteiger partial charge in [0, 0.05) is 5.02 Å².